The van der Waals surface area contributed by atoms with E-state index in [0.717, 1.165) is 23.7 Å². The Balaban J connectivity index is 1.37. The number of amides is 1. The number of esters is 2. The number of aryl methyl sites for hydroxylation is 1. The molecule has 4 aliphatic rings. The monoisotopic (exact) mass is 878 g/mol. The molecule has 5 heterocycles. The van der Waals surface area contributed by atoms with Gasteiger partial charge in [-0.1, -0.05) is 52.5 Å². The fraction of sp³-hybridized carbons (Fsp3) is 0.694. The molecule has 6 rings (SSSR count). The average Bonchev–Trinajstić information content (AvgIpc) is 3.51. The Bertz CT molecular complexity index is 1970. The molecular weight excluding hydrogens is 807 g/mol. The third kappa shape index (κ3) is 10.3. The van der Waals surface area contributed by atoms with Crippen molar-refractivity contribution in [2.75, 3.05) is 33.9 Å². The minimum atomic E-state index is -1.35. The van der Waals surface area contributed by atoms with Crippen molar-refractivity contribution in [2.24, 2.45) is 23.7 Å². The number of carbonyl (C=O) groups excluding carboxylic acids is 4. The molecule has 0 saturated carbocycles. The zero-order chi connectivity index (χ0) is 46.0. The minimum Gasteiger partial charge on any atom is -0.458 e. The van der Waals surface area contributed by atoms with Gasteiger partial charge < -0.3 is 43.0 Å². The first-order valence-corrected chi connectivity index (χ1v) is 22.9. The maximum atomic E-state index is 15.1. The predicted octanol–water partition coefficient (Wildman–Crippen LogP) is 7.09. The number of ketones is 1. The van der Waals surface area contributed by atoms with Crippen LogP contribution in [0, 0.1) is 23.7 Å². The molecule has 14 nitrogen and oxygen atoms in total. The number of nitrogens with zero attached hydrogens (tertiary/aromatic N) is 3. The lowest BCUT2D eigenvalue weighted by Gasteiger charge is -2.49. The van der Waals surface area contributed by atoms with Gasteiger partial charge in [0.05, 0.1) is 60.6 Å². The summed E-state index contributed by atoms with van der Waals surface area (Å²) in [5, 5.41) is 1.10. The summed E-state index contributed by atoms with van der Waals surface area (Å²) in [7, 11) is 3.85. The summed E-state index contributed by atoms with van der Waals surface area (Å²) in [6, 6.07) is 9.11. The van der Waals surface area contributed by atoms with E-state index >= 15 is 4.79 Å². The van der Waals surface area contributed by atoms with Crippen molar-refractivity contribution in [1.82, 2.24) is 14.8 Å². The van der Waals surface area contributed by atoms with E-state index in [4.69, 9.17) is 33.2 Å². The third-order valence-electron chi connectivity index (χ3n) is 14.1. The number of Topliss-reactive ketones (excluding diaryl/α,β-unsaturated/α-hetero) is 1. The molecular formula is C49H71N3O11. The number of likely N-dealkylation sites (N-methyl/N-ethyl adjacent to an activating group) is 1. The largest absolute Gasteiger partial charge is 0.458 e. The molecule has 4 aliphatic heterocycles. The third-order valence-corrected chi connectivity index (χ3v) is 14.1. The standard InChI is InChI=1S/C49H71N3O11/c1-13-39-49(10)43(52(47(56)63-49)23-17-16-18-35-21-22-50-37-20-15-14-19-36(35)37)31(5)40(54)29(3)25-48(9)44(32(6)41(33(7)45(55)61-39)57-26-28(2)27-58-48)62-46-42(60-34(8)53)38(51(11)12)24-30(4)59-46/h14-15,19-22,29-33,38-39,41-44,46H,2,13,16-18,23-27H2,1,3-12H3/t29-,30-,31+,32+,33-,38+,39-,41-,42-,43-,44-,46+,48+,49+/m1/s1. The van der Waals surface area contributed by atoms with E-state index in [2.05, 4.69) is 17.6 Å². The van der Waals surface area contributed by atoms with Gasteiger partial charge in [-0.3, -0.25) is 19.4 Å². The highest BCUT2D eigenvalue weighted by molar-refractivity contribution is 5.85. The van der Waals surface area contributed by atoms with Crippen molar-refractivity contribution < 1.29 is 52.3 Å². The highest BCUT2D eigenvalue weighted by atomic mass is 16.7. The zero-order valence-electron chi connectivity index (χ0n) is 39.3. The van der Waals surface area contributed by atoms with Crippen molar-refractivity contribution in [2.45, 2.75) is 161 Å². The molecule has 0 spiro atoms. The lowest BCUT2D eigenvalue weighted by atomic mass is 9.73. The summed E-state index contributed by atoms with van der Waals surface area (Å²) in [6.07, 6.45) is 0.0453. The predicted molar refractivity (Wildman–Crippen MR) is 237 cm³/mol. The van der Waals surface area contributed by atoms with Crippen LogP contribution in [0.4, 0.5) is 4.79 Å². The molecule has 0 N–H and O–H groups in total. The van der Waals surface area contributed by atoms with Gasteiger partial charge in [-0.05, 0) is 104 Å². The summed E-state index contributed by atoms with van der Waals surface area (Å²) in [4.78, 5) is 64.5. The van der Waals surface area contributed by atoms with Gasteiger partial charge in [-0.25, -0.2) is 4.79 Å². The first-order chi connectivity index (χ1) is 29.8. The SMILES string of the molecule is C=C1CO[C@@H]2[C@H](C)[C@@H](O[C@@H]3O[C@H](C)C[C@H](N(C)C)[C@H]3OC(C)=O)[C@](C)(C[C@@H](C)C(=O)[C@H](C)[C@H]3N(CCCCc4ccnc5ccccc45)C(=O)O[C@@]3(C)[C@@H](CC)OC(=O)[C@@H]2C)OC1. The van der Waals surface area contributed by atoms with E-state index in [1.807, 2.05) is 91.0 Å². The number of rotatable bonds is 10. The summed E-state index contributed by atoms with van der Waals surface area (Å²) in [6.45, 7) is 21.2. The highest BCUT2D eigenvalue weighted by Crippen LogP contribution is 2.44. The summed E-state index contributed by atoms with van der Waals surface area (Å²) >= 11 is 0. The maximum absolute atomic E-state index is 15.1. The number of hydrogen-bond acceptors (Lipinski definition) is 13. The van der Waals surface area contributed by atoms with E-state index in [0.29, 0.717) is 31.4 Å². The van der Waals surface area contributed by atoms with Gasteiger partial charge in [0.1, 0.15) is 11.9 Å². The Labute approximate surface area is 373 Å². The number of fused-ring (bicyclic) bond motifs is 5. The number of ether oxygens (including phenoxy) is 7. The summed E-state index contributed by atoms with van der Waals surface area (Å²) in [5.41, 5.74) is 0.225. The number of aromatic nitrogens is 1. The molecule has 63 heavy (non-hydrogen) atoms. The first kappa shape index (κ1) is 48.5. The van der Waals surface area contributed by atoms with E-state index < -0.39 is 89.7 Å². The first-order valence-electron chi connectivity index (χ1n) is 22.9. The molecule has 14 atom stereocenters. The molecule has 2 aromatic rings. The van der Waals surface area contributed by atoms with Crippen LogP contribution in [-0.2, 0) is 54.0 Å². The van der Waals surface area contributed by atoms with Gasteiger partial charge in [0.25, 0.3) is 0 Å². The van der Waals surface area contributed by atoms with Crippen LogP contribution in [0.2, 0.25) is 0 Å². The smallest absolute Gasteiger partial charge is 0.410 e. The quantitative estimate of drug-likeness (QED) is 0.104. The lowest BCUT2D eigenvalue weighted by molar-refractivity contribution is -0.304. The van der Waals surface area contributed by atoms with E-state index in [9.17, 15) is 14.4 Å². The molecule has 0 unspecified atom stereocenters. The van der Waals surface area contributed by atoms with Crippen molar-refractivity contribution in [3.63, 3.8) is 0 Å². The number of cyclic esters (lactones) is 1. The Morgan fingerprint density at radius 2 is 1.75 bits per heavy atom. The van der Waals surface area contributed by atoms with Crippen molar-refractivity contribution in [3.05, 3.63) is 54.2 Å². The number of pyridine rings is 1. The van der Waals surface area contributed by atoms with Gasteiger partial charge in [0.2, 0.25) is 0 Å². The van der Waals surface area contributed by atoms with Gasteiger partial charge in [0.15, 0.2) is 18.0 Å². The van der Waals surface area contributed by atoms with Crippen LogP contribution in [0.5, 0.6) is 0 Å². The van der Waals surface area contributed by atoms with Crippen LogP contribution < -0.4 is 0 Å². The van der Waals surface area contributed by atoms with Crippen molar-refractivity contribution >= 4 is 34.7 Å². The summed E-state index contributed by atoms with van der Waals surface area (Å²) in [5.74, 6) is -3.84. The minimum absolute atomic E-state index is 0.0971. The average molecular weight is 878 g/mol. The number of para-hydroxylation sites is 1. The molecule has 1 aromatic heterocycles. The van der Waals surface area contributed by atoms with Gasteiger partial charge in [-0.2, -0.15) is 0 Å². The van der Waals surface area contributed by atoms with Gasteiger partial charge in [0, 0.05) is 42.8 Å². The summed E-state index contributed by atoms with van der Waals surface area (Å²) < 4.78 is 45.7. The van der Waals surface area contributed by atoms with Crippen molar-refractivity contribution in [1.29, 1.82) is 0 Å². The molecule has 0 radical (unpaired) electrons. The maximum Gasteiger partial charge on any atom is 0.410 e. The molecule has 14 heteroatoms. The Morgan fingerprint density at radius 3 is 2.44 bits per heavy atom. The topological polar surface area (TPSA) is 152 Å². The normalized spacial score (nSPS) is 37.1. The van der Waals surface area contributed by atoms with Crippen LogP contribution in [0.15, 0.2) is 48.7 Å². The number of unbranched alkanes of at least 4 members (excludes halogenated alkanes) is 1. The zero-order valence-corrected chi connectivity index (χ0v) is 39.3. The van der Waals surface area contributed by atoms with Crippen LogP contribution in [0.3, 0.4) is 0 Å². The second-order valence-corrected chi connectivity index (χ2v) is 19.3. The fourth-order valence-corrected chi connectivity index (χ4v) is 10.9. The lowest BCUT2D eigenvalue weighted by Crippen LogP contribution is -2.61. The molecule has 4 fully saturated rings. The number of carbonyl (C=O) groups is 4. The number of benzene rings is 1. The molecule has 348 valence electrons. The van der Waals surface area contributed by atoms with Gasteiger partial charge >= 0.3 is 18.0 Å². The molecule has 1 aromatic carbocycles. The Hall–Kier alpha value is -3.95. The van der Waals surface area contributed by atoms with Crippen LogP contribution in [0.1, 0.15) is 100.0 Å². The fourth-order valence-electron chi connectivity index (χ4n) is 10.9. The van der Waals surface area contributed by atoms with E-state index in [-0.39, 0.29) is 37.6 Å². The molecule has 0 aliphatic carbocycles. The van der Waals surface area contributed by atoms with Crippen LogP contribution >= 0.6 is 0 Å². The van der Waals surface area contributed by atoms with E-state index in [1.54, 1.807) is 18.7 Å². The van der Waals surface area contributed by atoms with Gasteiger partial charge in [-0.15, -0.1) is 0 Å². The molecule has 4 saturated heterocycles. The molecule has 2 bridgehead atoms. The Kier molecular flexibility index (Phi) is 15.4. The van der Waals surface area contributed by atoms with Crippen LogP contribution in [0.25, 0.3) is 10.9 Å². The van der Waals surface area contributed by atoms with E-state index in [1.165, 1.54) is 12.5 Å². The van der Waals surface area contributed by atoms with Crippen LogP contribution in [-0.4, -0.2) is 133 Å². The Morgan fingerprint density at radius 1 is 1.02 bits per heavy atom. The second-order valence-electron chi connectivity index (χ2n) is 19.3. The highest BCUT2D eigenvalue weighted by Gasteiger charge is 2.60. The van der Waals surface area contributed by atoms with Crippen molar-refractivity contribution in [3.8, 4) is 0 Å². The molecule has 1 amide bonds. The second kappa shape index (κ2) is 20.1. The number of hydrogen-bond donors (Lipinski definition) is 0.